The molecule has 2 aromatic rings. The highest BCUT2D eigenvalue weighted by Crippen LogP contribution is 2.16. The SMILES string of the molecule is C=CC(=O)OCCCOc1ccc(C(=O)ONc2ccc(OC)cc2)cc1. The van der Waals surface area contributed by atoms with Gasteiger partial charge in [-0.25, -0.2) is 15.1 Å². The Morgan fingerprint density at radius 1 is 1.00 bits per heavy atom. The van der Waals surface area contributed by atoms with E-state index >= 15 is 0 Å². The number of benzene rings is 2. The maximum Gasteiger partial charge on any atom is 0.362 e. The van der Waals surface area contributed by atoms with Gasteiger partial charge < -0.3 is 19.0 Å². The van der Waals surface area contributed by atoms with Crippen LogP contribution in [-0.2, 0) is 14.4 Å². The molecule has 2 rings (SSSR count). The normalized spacial score (nSPS) is 9.81. The summed E-state index contributed by atoms with van der Waals surface area (Å²) in [4.78, 5) is 28.0. The molecule has 0 amide bonds. The van der Waals surface area contributed by atoms with Crippen LogP contribution in [0.15, 0.2) is 61.2 Å². The minimum atomic E-state index is -0.520. The second-order valence-electron chi connectivity index (χ2n) is 5.32. The van der Waals surface area contributed by atoms with E-state index < -0.39 is 11.9 Å². The summed E-state index contributed by atoms with van der Waals surface area (Å²) in [5.41, 5.74) is 3.59. The fraction of sp³-hybridized carbons (Fsp3) is 0.200. The van der Waals surface area contributed by atoms with Gasteiger partial charge in [-0.2, -0.15) is 0 Å². The smallest absolute Gasteiger partial charge is 0.362 e. The number of carbonyl (C=O) groups is 2. The third kappa shape index (κ3) is 6.74. The number of ether oxygens (including phenoxy) is 3. The Morgan fingerprint density at radius 2 is 1.67 bits per heavy atom. The summed E-state index contributed by atoms with van der Waals surface area (Å²) in [5.74, 6) is 0.334. The third-order valence-corrected chi connectivity index (χ3v) is 3.41. The lowest BCUT2D eigenvalue weighted by Gasteiger charge is -2.09. The Bertz CT molecular complexity index is 755. The van der Waals surface area contributed by atoms with Crippen molar-refractivity contribution >= 4 is 17.6 Å². The van der Waals surface area contributed by atoms with E-state index in [4.69, 9.17) is 19.0 Å². The zero-order valence-corrected chi connectivity index (χ0v) is 15.0. The number of esters is 1. The van der Waals surface area contributed by atoms with Crippen molar-refractivity contribution in [3.63, 3.8) is 0 Å². The molecule has 0 aliphatic heterocycles. The van der Waals surface area contributed by atoms with Crippen molar-refractivity contribution < 1.29 is 28.6 Å². The molecule has 27 heavy (non-hydrogen) atoms. The van der Waals surface area contributed by atoms with Crippen LogP contribution >= 0.6 is 0 Å². The van der Waals surface area contributed by atoms with Crippen molar-refractivity contribution in [2.75, 3.05) is 25.8 Å². The number of anilines is 1. The van der Waals surface area contributed by atoms with Crippen molar-refractivity contribution in [3.05, 3.63) is 66.7 Å². The molecule has 0 atom stereocenters. The Kier molecular flexibility index (Phi) is 7.71. The van der Waals surface area contributed by atoms with Gasteiger partial charge in [0.15, 0.2) is 0 Å². The third-order valence-electron chi connectivity index (χ3n) is 3.41. The van der Waals surface area contributed by atoms with E-state index in [0.29, 0.717) is 35.8 Å². The van der Waals surface area contributed by atoms with E-state index in [0.717, 1.165) is 6.08 Å². The summed E-state index contributed by atoms with van der Waals surface area (Å²) in [7, 11) is 1.58. The molecule has 2 aromatic carbocycles. The molecule has 0 saturated carbocycles. The van der Waals surface area contributed by atoms with Gasteiger partial charge in [0.2, 0.25) is 0 Å². The van der Waals surface area contributed by atoms with Gasteiger partial charge in [-0.05, 0) is 48.5 Å². The van der Waals surface area contributed by atoms with Crippen molar-refractivity contribution in [1.82, 2.24) is 0 Å². The highest BCUT2D eigenvalue weighted by atomic mass is 16.7. The number of rotatable bonds is 10. The molecule has 0 spiro atoms. The zero-order valence-electron chi connectivity index (χ0n) is 15.0. The molecule has 0 bridgehead atoms. The minimum absolute atomic E-state index is 0.256. The summed E-state index contributed by atoms with van der Waals surface area (Å²) in [5, 5.41) is 0. The van der Waals surface area contributed by atoms with Crippen molar-refractivity contribution in [1.29, 1.82) is 0 Å². The number of hydrogen-bond donors (Lipinski definition) is 1. The van der Waals surface area contributed by atoms with Crippen LogP contribution in [0.5, 0.6) is 11.5 Å². The first-order valence-electron chi connectivity index (χ1n) is 8.25. The average Bonchev–Trinajstić information content (AvgIpc) is 2.72. The fourth-order valence-corrected chi connectivity index (χ4v) is 1.99. The van der Waals surface area contributed by atoms with Gasteiger partial charge in [0.25, 0.3) is 0 Å². The van der Waals surface area contributed by atoms with Crippen LogP contribution in [0.4, 0.5) is 5.69 Å². The Labute approximate surface area is 157 Å². The van der Waals surface area contributed by atoms with Gasteiger partial charge in [-0.3, -0.25) is 0 Å². The van der Waals surface area contributed by atoms with E-state index in [9.17, 15) is 9.59 Å². The maximum absolute atomic E-state index is 12.0. The first-order chi connectivity index (χ1) is 13.1. The summed E-state index contributed by atoms with van der Waals surface area (Å²) in [6.45, 7) is 3.95. The van der Waals surface area contributed by atoms with Gasteiger partial charge in [0.1, 0.15) is 11.5 Å². The van der Waals surface area contributed by atoms with Crippen LogP contribution in [0, 0.1) is 0 Å². The van der Waals surface area contributed by atoms with Crippen molar-refractivity contribution in [2.24, 2.45) is 0 Å². The van der Waals surface area contributed by atoms with E-state index in [1.165, 1.54) is 0 Å². The molecule has 1 N–H and O–H groups in total. The molecule has 0 fully saturated rings. The molecular formula is C20H21NO6. The second kappa shape index (κ2) is 10.5. The first kappa shape index (κ1) is 19.8. The topological polar surface area (TPSA) is 83.1 Å². The molecule has 7 heteroatoms. The van der Waals surface area contributed by atoms with Crippen LogP contribution in [0.25, 0.3) is 0 Å². The van der Waals surface area contributed by atoms with E-state index in [1.54, 1.807) is 55.6 Å². The molecule has 0 aliphatic rings. The molecule has 0 aliphatic carbocycles. The molecular weight excluding hydrogens is 350 g/mol. The number of hydrogen-bond acceptors (Lipinski definition) is 7. The Hall–Kier alpha value is -3.48. The highest BCUT2D eigenvalue weighted by Gasteiger charge is 2.08. The monoisotopic (exact) mass is 371 g/mol. The quantitative estimate of drug-likeness (QED) is 0.297. The highest BCUT2D eigenvalue weighted by molar-refractivity contribution is 5.90. The lowest BCUT2D eigenvalue weighted by molar-refractivity contribution is -0.137. The van der Waals surface area contributed by atoms with Crippen LogP contribution in [-0.4, -0.2) is 32.3 Å². The first-order valence-corrected chi connectivity index (χ1v) is 8.25. The molecule has 0 heterocycles. The number of methoxy groups -OCH3 is 1. The van der Waals surface area contributed by atoms with Crippen LogP contribution in [0.1, 0.15) is 16.8 Å². The Balaban J connectivity index is 1.73. The number of nitrogens with one attached hydrogen (secondary N) is 1. The van der Waals surface area contributed by atoms with Gasteiger partial charge in [0.05, 0.1) is 31.6 Å². The summed E-state index contributed by atoms with van der Waals surface area (Å²) in [6, 6.07) is 13.5. The van der Waals surface area contributed by atoms with E-state index in [2.05, 4.69) is 12.1 Å². The maximum atomic E-state index is 12.0. The number of carbonyl (C=O) groups excluding carboxylic acids is 2. The minimum Gasteiger partial charge on any atom is -0.497 e. The van der Waals surface area contributed by atoms with Gasteiger partial charge in [-0.15, -0.1) is 0 Å². The molecule has 0 saturated heterocycles. The zero-order chi connectivity index (χ0) is 19.5. The van der Waals surface area contributed by atoms with Crippen LogP contribution < -0.4 is 15.0 Å². The van der Waals surface area contributed by atoms with Crippen molar-refractivity contribution in [3.8, 4) is 11.5 Å². The summed E-state index contributed by atoms with van der Waals surface area (Å²) in [6.07, 6.45) is 1.66. The molecule has 7 nitrogen and oxygen atoms in total. The van der Waals surface area contributed by atoms with Gasteiger partial charge >= 0.3 is 11.9 Å². The summed E-state index contributed by atoms with van der Waals surface area (Å²) < 4.78 is 15.4. The Morgan fingerprint density at radius 3 is 2.30 bits per heavy atom. The van der Waals surface area contributed by atoms with Crippen molar-refractivity contribution in [2.45, 2.75) is 6.42 Å². The predicted molar refractivity (Wildman–Crippen MR) is 99.7 cm³/mol. The molecule has 0 aromatic heterocycles. The van der Waals surface area contributed by atoms with E-state index in [1.807, 2.05) is 0 Å². The largest absolute Gasteiger partial charge is 0.497 e. The predicted octanol–water partition coefficient (Wildman–Crippen LogP) is 3.38. The average molecular weight is 371 g/mol. The fourth-order valence-electron chi connectivity index (χ4n) is 1.99. The van der Waals surface area contributed by atoms with Gasteiger partial charge in [-0.1, -0.05) is 6.58 Å². The van der Waals surface area contributed by atoms with Crippen LogP contribution in [0.2, 0.25) is 0 Å². The van der Waals surface area contributed by atoms with Gasteiger partial charge in [0, 0.05) is 12.5 Å². The lowest BCUT2D eigenvalue weighted by atomic mass is 10.2. The van der Waals surface area contributed by atoms with E-state index in [-0.39, 0.29) is 6.61 Å². The molecule has 142 valence electrons. The lowest BCUT2D eigenvalue weighted by Crippen LogP contribution is -2.11. The molecule has 0 unspecified atom stereocenters. The summed E-state index contributed by atoms with van der Waals surface area (Å²) >= 11 is 0. The van der Waals surface area contributed by atoms with Crippen LogP contribution in [0.3, 0.4) is 0 Å². The standard InChI is InChI=1S/C20H21NO6/c1-3-19(22)26-14-4-13-25-18-9-5-15(6-10-18)20(23)27-21-16-7-11-17(24-2)12-8-16/h3,5-12,21H,1,4,13-14H2,2H3. The molecule has 0 radical (unpaired) electrons. The second-order valence-corrected chi connectivity index (χ2v) is 5.32.